The van der Waals surface area contributed by atoms with Gasteiger partial charge in [0, 0.05) is 11.1 Å². The van der Waals surface area contributed by atoms with Gasteiger partial charge in [0.2, 0.25) is 5.91 Å². The van der Waals surface area contributed by atoms with Gasteiger partial charge < -0.3 is 30.6 Å². The highest BCUT2D eigenvalue weighted by Crippen LogP contribution is 2.23. The molecule has 0 bridgehead atoms. The van der Waals surface area contributed by atoms with Crippen LogP contribution in [-0.4, -0.2) is 64.0 Å². The second kappa shape index (κ2) is 16.3. The number of esters is 2. The van der Waals surface area contributed by atoms with Gasteiger partial charge in [-0.25, -0.2) is 14.4 Å². The number of alkyl carbamates (subject to hydrolysis) is 2. The number of nitrogens with two attached hydrogens (primary N) is 1. The fraction of sp³-hybridized carbons (Fsp3) is 0.438. The van der Waals surface area contributed by atoms with Crippen LogP contribution >= 0.6 is 0 Å². The number of ether oxygens (including phenoxy) is 3. The summed E-state index contributed by atoms with van der Waals surface area (Å²) in [6.45, 7) is 11.4. The molecule has 4 N–H and O–H groups in total. The van der Waals surface area contributed by atoms with Crippen LogP contribution in [0.5, 0.6) is 0 Å². The van der Waals surface area contributed by atoms with Crippen molar-refractivity contribution >= 4 is 35.9 Å². The quantitative estimate of drug-likeness (QED) is 0.186. The zero-order chi connectivity index (χ0) is 33.8. The first-order valence-corrected chi connectivity index (χ1v) is 14.3. The normalized spacial score (nSPS) is 17.7. The summed E-state index contributed by atoms with van der Waals surface area (Å²) >= 11 is 0. The van der Waals surface area contributed by atoms with Gasteiger partial charge >= 0.3 is 24.1 Å². The number of nitrogens with one attached hydrogen (secondary N) is 2. The Morgan fingerprint density at radius 3 is 1.56 bits per heavy atom. The molecule has 0 spiro atoms. The molecule has 0 saturated carbocycles. The number of cyclic esters (lactones) is 2. The van der Waals surface area contributed by atoms with Crippen molar-refractivity contribution in [3.05, 3.63) is 71.8 Å². The van der Waals surface area contributed by atoms with Crippen molar-refractivity contribution in [2.75, 3.05) is 0 Å². The predicted octanol–water partition coefficient (Wildman–Crippen LogP) is 3.34. The monoisotopic (exact) mass is 626 g/mol. The van der Waals surface area contributed by atoms with Crippen molar-refractivity contribution < 1.29 is 43.0 Å². The van der Waals surface area contributed by atoms with Gasteiger partial charge in [-0.1, -0.05) is 60.7 Å². The number of nitrogens with zero attached hydrogens (tertiary/aromatic N) is 1. The number of hydrogen-bond acceptors (Lipinski definition) is 10. The van der Waals surface area contributed by atoms with E-state index >= 15 is 0 Å². The lowest BCUT2D eigenvalue weighted by Gasteiger charge is -2.30. The minimum absolute atomic E-state index is 0. The van der Waals surface area contributed by atoms with E-state index in [1.807, 2.05) is 69.3 Å². The maximum absolute atomic E-state index is 12.2. The third-order valence-electron chi connectivity index (χ3n) is 5.70. The molecule has 2 fully saturated rings. The van der Waals surface area contributed by atoms with Crippen LogP contribution in [0.25, 0.3) is 0 Å². The second-order valence-electron chi connectivity index (χ2n) is 12.3. The highest BCUT2D eigenvalue weighted by molar-refractivity contribution is 6.07. The molecule has 2 aliphatic heterocycles. The van der Waals surface area contributed by atoms with Crippen LogP contribution in [0.4, 0.5) is 9.59 Å². The van der Waals surface area contributed by atoms with Gasteiger partial charge in [-0.3, -0.25) is 19.3 Å². The van der Waals surface area contributed by atoms with Crippen molar-refractivity contribution in [1.29, 1.82) is 0 Å². The van der Waals surface area contributed by atoms with Crippen molar-refractivity contribution in [3.63, 3.8) is 0 Å². The Balaban J connectivity index is 0.000000277. The van der Waals surface area contributed by atoms with Crippen LogP contribution in [0, 0.1) is 0 Å². The molecular weight excluding hydrogens is 584 g/mol. The minimum Gasteiger partial charge on any atom is -0.445 e. The maximum Gasteiger partial charge on any atom is 0.408 e. The molecule has 2 saturated heterocycles. The van der Waals surface area contributed by atoms with Crippen molar-refractivity contribution in [1.82, 2.24) is 15.5 Å². The smallest absolute Gasteiger partial charge is 0.408 e. The standard InChI is InChI=1S/C16H20N2O4.C12H11NO5.C4H11N/c1-16(2,3)18-13(19)9-12(14(18)20)17-15(21)22-10-11-7-5-4-6-8-11;14-10-6-9(11(15)18-10)13-12(16)17-7-8-4-2-1-3-5-8;1-4(2,3)5/h4-8,12H,9-10H2,1-3H3,(H,17,21);1-5,9H,6-7H2,(H,13,16);5H2,1-3H3/t12-;9-;/m00./s1. The molecule has 4 rings (SSSR count). The Hall–Kier alpha value is -4.78. The van der Waals surface area contributed by atoms with E-state index in [2.05, 4.69) is 15.4 Å². The lowest BCUT2D eigenvalue weighted by Crippen LogP contribution is -2.49. The first-order valence-electron chi connectivity index (χ1n) is 14.3. The Labute approximate surface area is 262 Å². The van der Waals surface area contributed by atoms with Crippen LogP contribution < -0.4 is 16.4 Å². The Bertz CT molecular complexity index is 1330. The molecule has 0 aromatic heterocycles. The average molecular weight is 627 g/mol. The summed E-state index contributed by atoms with van der Waals surface area (Å²) in [6, 6.07) is 16.5. The van der Waals surface area contributed by atoms with Gasteiger partial charge in [0.25, 0.3) is 5.91 Å². The topological polar surface area (TPSA) is 183 Å². The van der Waals surface area contributed by atoms with Crippen molar-refractivity contribution in [2.45, 2.75) is 90.8 Å². The van der Waals surface area contributed by atoms with Crippen LogP contribution in [0.1, 0.15) is 65.5 Å². The number of hydrogen-bond donors (Lipinski definition) is 3. The number of benzene rings is 2. The Morgan fingerprint density at radius 1 is 0.778 bits per heavy atom. The third-order valence-corrected chi connectivity index (χ3v) is 5.70. The number of amides is 4. The second-order valence-corrected chi connectivity index (χ2v) is 12.3. The van der Waals surface area contributed by atoms with E-state index in [1.165, 1.54) is 4.90 Å². The zero-order valence-corrected chi connectivity index (χ0v) is 26.5. The number of imide groups is 1. The van der Waals surface area contributed by atoms with E-state index in [4.69, 9.17) is 15.2 Å². The first-order chi connectivity index (χ1) is 20.9. The molecule has 0 unspecified atom stereocenters. The van der Waals surface area contributed by atoms with Gasteiger partial charge in [-0.2, -0.15) is 0 Å². The van der Waals surface area contributed by atoms with Gasteiger partial charge in [0.05, 0.1) is 12.8 Å². The average Bonchev–Trinajstić information content (AvgIpc) is 3.41. The summed E-state index contributed by atoms with van der Waals surface area (Å²) in [5.74, 6) is -2.08. The number of carbonyl (C=O) groups is 6. The van der Waals surface area contributed by atoms with E-state index in [0.29, 0.717) is 0 Å². The van der Waals surface area contributed by atoms with Gasteiger partial charge in [-0.15, -0.1) is 0 Å². The van der Waals surface area contributed by atoms with E-state index in [-0.39, 0.29) is 37.5 Å². The van der Waals surface area contributed by atoms with E-state index in [0.717, 1.165) is 11.1 Å². The highest BCUT2D eigenvalue weighted by Gasteiger charge is 2.44. The summed E-state index contributed by atoms with van der Waals surface area (Å²) in [6.07, 6.45) is -1.64. The predicted molar refractivity (Wildman–Crippen MR) is 163 cm³/mol. The lowest BCUT2D eigenvalue weighted by molar-refractivity contribution is -0.152. The highest BCUT2D eigenvalue weighted by atomic mass is 16.6. The molecular formula is C32H42N4O9. The molecule has 2 aromatic rings. The molecule has 244 valence electrons. The summed E-state index contributed by atoms with van der Waals surface area (Å²) in [7, 11) is 0. The lowest BCUT2D eigenvalue weighted by atomic mass is 10.1. The summed E-state index contributed by atoms with van der Waals surface area (Å²) in [4.78, 5) is 70.3. The van der Waals surface area contributed by atoms with Crippen molar-refractivity contribution in [3.8, 4) is 0 Å². The maximum atomic E-state index is 12.2. The summed E-state index contributed by atoms with van der Waals surface area (Å²) in [5, 5.41) is 4.73. The molecule has 0 aliphatic carbocycles. The molecule has 2 aliphatic rings. The zero-order valence-electron chi connectivity index (χ0n) is 26.5. The van der Waals surface area contributed by atoms with Gasteiger partial charge in [-0.05, 0) is 52.7 Å². The third kappa shape index (κ3) is 13.6. The summed E-state index contributed by atoms with van der Waals surface area (Å²) in [5.41, 5.74) is 6.44. The molecule has 2 aromatic carbocycles. The number of likely N-dealkylation sites (tertiary alicyclic amines) is 1. The molecule has 2 heterocycles. The fourth-order valence-corrected chi connectivity index (χ4v) is 3.85. The fourth-order valence-electron chi connectivity index (χ4n) is 3.85. The first kappa shape index (κ1) is 36.4. The summed E-state index contributed by atoms with van der Waals surface area (Å²) < 4.78 is 14.3. The van der Waals surface area contributed by atoms with E-state index < -0.39 is 47.7 Å². The van der Waals surface area contributed by atoms with Crippen LogP contribution in [0.2, 0.25) is 0 Å². The van der Waals surface area contributed by atoms with Crippen LogP contribution in [0.3, 0.4) is 0 Å². The molecule has 4 amide bonds. The largest absolute Gasteiger partial charge is 0.445 e. The minimum atomic E-state index is -0.944. The molecule has 45 heavy (non-hydrogen) atoms. The molecule has 2 atom stereocenters. The SMILES string of the molecule is CC(C)(C)N.CC(C)(C)N1C(=O)C[C@H](NC(=O)OCc2ccccc2)C1=O.O=C1C[C@H](NC(=O)OCc2ccccc2)C(=O)O1. The molecule has 13 nitrogen and oxygen atoms in total. The van der Waals surface area contributed by atoms with Crippen LogP contribution in [0.15, 0.2) is 60.7 Å². The number of carbonyl (C=O) groups excluding carboxylic acids is 6. The van der Waals surface area contributed by atoms with Crippen molar-refractivity contribution in [2.24, 2.45) is 5.73 Å². The molecule has 13 heteroatoms. The van der Waals surface area contributed by atoms with E-state index in [1.54, 1.807) is 32.9 Å². The van der Waals surface area contributed by atoms with Gasteiger partial charge in [0.1, 0.15) is 25.3 Å². The molecule has 0 radical (unpaired) electrons. The Kier molecular flexibility index (Phi) is 13.2. The van der Waals surface area contributed by atoms with Crippen LogP contribution in [-0.2, 0) is 46.6 Å². The van der Waals surface area contributed by atoms with E-state index in [9.17, 15) is 28.8 Å². The van der Waals surface area contributed by atoms with Gasteiger partial charge in [0.15, 0.2) is 0 Å². The Morgan fingerprint density at radius 2 is 1.20 bits per heavy atom. The number of rotatable bonds is 6.